The summed E-state index contributed by atoms with van der Waals surface area (Å²) in [6, 6.07) is 0. The molecule has 1 fully saturated rings. The van der Waals surface area contributed by atoms with E-state index in [9.17, 15) is 9.59 Å². The van der Waals surface area contributed by atoms with Crippen LogP contribution in [0.15, 0.2) is 12.2 Å². The highest BCUT2D eigenvalue weighted by molar-refractivity contribution is 6.17. The van der Waals surface area contributed by atoms with E-state index in [0.29, 0.717) is 13.0 Å². The summed E-state index contributed by atoms with van der Waals surface area (Å²) < 4.78 is 5.01. The lowest BCUT2D eigenvalue weighted by molar-refractivity contribution is -0.136. The highest BCUT2D eigenvalue weighted by Crippen LogP contribution is 2.15. The Morgan fingerprint density at radius 2 is 2.17 bits per heavy atom. The highest BCUT2D eigenvalue weighted by Gasteiger charge is 2.28. The molecule has 1 rings (SSSR count). The second kappa shape index (κ2) is 3.49. The smallest absolute Gasteiger partial charge is 0.338 e. The average Bonchev–Trinajstić information content (AvgIpc) is 2.53. The number of carboxylic acid groups (broad SMARTS) is 1. The first kappa shape index (κ1) is 8.93. The number of carboxylic acids is 1. The van der Waals surface area contributed by atoms with Crippen LogP contribution >= 0.6 is 0 Å². The largest absolute Gasteiger partial charge is 0.478 e. The van der Waals surface area contributed by atoms with Crippen LogP contribution in [0.2, 0.25) is 0 Å². The summed E-state index contributed by atoms with van der Waals surface area (Å²) in [5, 5.41) is 8.44. The third kappa shape index (κ3) is 1.71. The maximum absolute atomic E-state index is 11.2. The van der Waals surface area contributed by atoms with Crippen molar-refractivity contribution in [2.24, 2.45) is 0 Å². The van der Waals surface area contributed by atoms with Gasteiger partial charge in [0.1, 0.15) is 6.10 Å². The molecule has 1 unspecified atom stereocenters. The predicted octanol–water partition coefficient (Wildman–Crippen LogP) is 0.375. The molecule has 1 atom stereocenters. The van der Waals surface area contributed by atoms with E-state index in [2.05, 4.69) is 6.58 Å². The molecule has 0 aromatic heterocycles. The van der Waals surface area contributed by atoms with Crippen LogP contribution in [-0.4, -0.2) is 29.6 Å². The van der Waals surface area contributed by atoms with Crippen LogP contribution in [-0.2, 0) is 14.3 Å². The third-order valence-corrected chi connectivity index (χ3v) is 1.78. The van der Waals surface area contributed by atoms with Gasteiger partial charge in [0.25, 0.3) is 0 Å². The van der Waals surface area contributed by atoms with Crippen LogP contribution < -0.4 is 0 Å². The molecule has 4 heteroatoms. The summed E-state index contributed by atoms with van der Waals surface area (Å²) in [5.41, 5.74) is -0.387. The van der Waals surface area contributed by atoms with E-state index in [1.165, 1.54) is 0 Å². The van der Waals surface area contributed by atoms with Crippen LogP contribution in [0.3, 0.4) is 0 Å². The molecule has 1 N–H and O–H groups in total. The van der Waals surface area contributed by atoms with Gasteiger partial charge in [-0.05, 0) is 12.8 Å². The molecule has 0 aromatic rings. The van der Waals surface area contributed by atoms with Gasteiger partial charge in [0.05, 0.1) is 5.57 Å². The minimum absolute atomic E-state index is 0.387. The lowest BCUT2D eigenvalue weighted by atomic mass is 10.1. The zero-order valence-corrected chi connectivity index (χ0v) is 6.58. The summed E-state index contributed by atoms with van der Waals surface area (Å²) in [6.45, 7) is 3.70. The molecule has 66 valence electrons. The van der Waals surface area contributed by atoms with Crippen molar-refractivity contribution in [2.75, 3.05) is 6.61 Å². The Morgan fingerprint density at radius 1 is 1.50 bits per heavy atom. The first-order valence-electron chi connectivity index (χ1n) is 3.71. The summed E-state index contributed by atoms with van der Waals surface area (Å²) in [5.74, 6) is -1.77. The van der Waals surface area contributed by atoms with Gasteiger partial charge in [0.2, 0.25) is 0 Å². The Balaban J connectivity index is 2.57. The monoisotopic (exact) mass is 170 g/mol. The zero-order chi connectivity index (χ0) is 9.14. The maximum atomic E-state index is 11.2. The number of hydrogen-bond donors (Lipinski definition) is 1. The molecule has 1 aliphatic rings. The van der Waals surface area contributed by atoms with Gasteiger partial charge in [-0.25, -0.2) is 4.79 Å². The number of ether oxygens (including phenoxy) is 1. The van der Waals surface area contributed by atoms with Gasteiger partial charge in [-0.1, -0.05) is 6.58 Å². The van der Waals surface area contributed by atoms with Crippen molar-refractivity contribution in [3.05, 3.63) is 12.2 Å². The van der Waals surface area contributed by atoms with Crippen LogP contribution in [0.25, 0.3) is 0 Å². The topological polar surface area (TPSA) is 63.6 Å². The Labute approximate surface area is 69.8 Å². The minimum atomic E-state index is -1.27. The standard InChI is InChI=1S/C8H10O4/c1-5(8(10)11)7(9)6-3-2-4-12-6/h6H,1-4H2,(H,10,11). The molecule has 12 heavy (non-hydrogen) atoms. The molecule has 1 saturated heterocycles. The number of carbonyl (C=O) groups is 2. The molecule has 0 bridgehead atoms. The van der Waals surface area contributed by atoms with Gasteiger partial charge < -0.3 is 9.84 Å². The van der Waals surface area contributed by atoms with Crippen molar-refractivity contribution in [1.29, 1.82) is 0 Å². The molecule has 1 heterocycles. The van der Waals surface area contributed by atoms with E-state index in [-0.39, 0.29) is 5.57 Å². The first-order chi connectivity index (χ1) is 5.63. The molecular formula is C8H10O4. The number of ketones is 1. The SMILES string of the molecule is C=C(C(=O)O)C(=O)C1CCCO1. The van der Waals surface area contributed by atoms with Gasteiger partial charge in [-0.2, -0.15) is 0 Å². The minimum Gasteiger partial charge on any atom is -0.478 e. The summed E-state index contributed by atoms with van der Waals surface area (Å²) in [6.07, 6.45) is 0.836. The molecule has 0 aliphatic carbocycles. The van der Waals surface area contributed by atoms with E-state index in [0.717, 1.165) is 6.42 Å². The Morgan fingerprint density at radius 3 is 2.58 bits per heavy atom. The van der Waals surface area contributed by atoms with Crippen molar-refractivity contribution in [3.63, 3.8) is 0 Å². The van der Waals surface area contributed by atoms with E-state index in [1.807, 2.05) is 0 Å². The van der Waals surface area contributed by atoms with Gasteiger partial charge >= 0.3 is 5.97 Å². The Kier molecular flexibility index (Phi) is 2.60. The van der Waals surface area contributed by atoms with Crippen molar-refractivity contribution in [2.45, 2.75) is 18.9 Å². The molecule has 0 amide bonds. The molecule has 0 aromatic carbocycles. The van der Waals surface area contributed by atoms with E-state index < -0.39 is 17.9 Å². The Hall–Kier alpha value is -1.16. The summed E-state index contributed by atoms with van der Waals surface area (Å²) in [7, 11) is 0. The van der Waals surface area contributed by atoms with Crippen LogP contribution in [0.1, 0.15) is 12.8 Å². The number of Topliss-reactive ketones (excluding diaryl/α,β-unsaturated/α-hetero) is 1. The predicted molar refractivity (Wildman–Crippen MR) is 40.8 cm³/mol. The molecule has 1 aliphatic heterocycles. The number of rotatable bonds is 3. The van der Waals surface area contributed by atoms with Crippen molar-refractivity contribution >= 4 is 11.8 Å². The van der Waals surface area contributed by atoms with Crippen molar-refractivity contribution in [3.8, 4) is 0 Å². The lowest BCUT2D eigenvalue weighted by Gasteiger charge is -2.06. The summed E-state index contributed by atoms with van der Waals surface area (Å²) in [4.78, 5) is 21.5. The van der Waals surface area contributed by atoms with E-state index >= 15 is 0 Å². The van der Waals surface area contributed by atoms with Gasteiger partial charge in [0, 0.05) is 6.61 Å². The van der Waals surface area contributed by atoms with Crippen molar-refractivity contribution < 1.29 is 19.4 Å². The molecule has 0 spiro atoms. The first-order valence-corrected chi connectivity index (χ1v) is 3.71. The van der Waals surface area contributed by atoms with Crippen LogP contribution in [0, 0.1) is 0 Å². The summed E-state index contributed by atoms with van der Waals surface area (Å²) >= 11 is 0. The quantitative estimate of drug-likeness (QED) is 0.377. The molecular weight excluding hydrogens is 160 g/mol. The van der Waals surface area contributed by atoms with Gasteiger partial charge in [0.15, 0.2) is 5.78 Å². The zero-order valence-electron chi connectivity index (χ0n) is 6.58. The second-order valence-electron chi connectivity index (χ2n) is 2.65. The normalized spacial score (nSPS) is 22.2. The fourth-order valence-corrected chi connectivity index (χ4v) is 1.08. The number of carbonyl (C=O) groups excluding carboxylic acids is 1. The third-order valence-electron chi connectivity index (χ3n) is 1.78. The maximum Gasteiger partial charge on any atom is 0.338 e. The number of aliphatic carboxylic acids is 1. The average molecular weight is 170 g/mol. The number of hydrogen-bond acceptors (Lipinski definition) is 3. The van der Waals surface area contributed by atoms with Gasteiger partial charge in [-0.15, -0.1) is 0 Å². The van der Waals surface area contributed by atoms with Crippen LogP contribution in [0.4, 0.5) is 0 Å². The lowest BCUT2D eigenvalue weighted by Crippen LogP contribution is -2.24. The Bertz CT molecular complexity index is 225. The fraction of sp³-hybridized carbons (Fsp3) is 0.500. The van der Waals surface area contributed by atoms with E-state index in [4.69, 9.17) is 9.84 Å². The second-order valence-corrected chi connectivity index (χ2v) is 2.65. The molecule has 0 radical (unpaired) electrons. The van der Waals surface area contributed by atoms with Crippen LogP contribution in [0.5, 0.6) is 0 Å². The molecule has 4 nitrogen and oxygen atoms in total. The molecule has 0 saturated carbocycles. The highest BCUT2D eigenvalue weighted by atomic mass is 16.5. The fourth-order valence-electron chi connectivity index (χ4n) is 1.08. The van der Waals surface area contributed by atoms with Crippen molar-refractivity contribution in [1.82, 2.24) is 0 Å². The van der Waals surface area contributed by atoms with E-state index in [1.54, 1.807) is 0 Å². The van der Waals surface area contributed by atoms with Gasteiger partial charge in [-0.3, -0.25) is 4.79 Å².